The molecule has 2 heterocycles. The molecule has 154 valence electrons. The quantitative estimate of drug-likeness (QED) is 0.764. The molecule has 0 saturated carbocycles. The third kappa shape index (κ3) is 3.91. The largest absolute Gasteiger partial charge is 0.465 e. The summed E-state index contributed by atoms with van der Waals surface area (Å²) in [5.74, 6) is -0.520. The van der Waals surface area contributed by atoms with Crippen molar-refractivity contribution in [2.24, 2.45) is 0 Å². The molecule has 1 aliphatic heterocycles. The van der Waals surface area contributed by atoms with Gasteiger partial charge in [-0.1, -0.05) is 0 Å². The van der Waals surface area contributed by atoms with Crippen molar-refractivity contribution in [3.63, 3.8) is 0 Å². The predicted molar refractivity (Wildman–Crippen MR) is 107 cm³/mol. The Morgan fingerprint density at radius 1 is 1.17 bits per heavy atom. The van der Waals surface area contributed by atoms with Crippen molar-refractivity contribution in [1.82, 2.24) is 9.78 Å². The van der Waals surface area contributed by atoms with E-state index in [1.807, 2.05) is 0 Å². The number of anilines is 1. The molecule has 1 saturated heterocycles. The summed E-state index contributed by atoms with van der Waals surface area (Å²) in [4.78, 5) is 24.5. The monoisotopic (exact) mass is 417 g/mol. The lowest BCUT2D eigenvalue weighted by Crippen LogP contribution is -2.17. The number of fused-ring (bicyclic) bond motifs is 1. The van der Waals surface area contributed by atoms with Gasteiger partial charge in [-0.2, -0.15) is 5.10 Å². The Labute approximate surface area is 169 Å². The lowest BCUT2D eigenvalue weighted by Gasteiger charge is -2.17. The van der Waals surface area contributed by atoms with E-state index in [1.54, 1.807) is 28.9 Å². The molecule has 2 aromatic rings. The van der Waals surface area contributed by atoms with Gasteiger partial charge in [0, 0.05) is 16.9 Å². The summed E-state index contributed by atoms with van der Waals surface area (Å²) >= 11 is 0. The lowest BCUT2D eigenvalue weighted by molar-refractivity contribution is 0.0600. The normalized spacial score (nSPS) is 20.1. The summed E-state index contributed by atoms with van der Waals surface area (Å²) in [6.45, 7) is 0. The molecule has 1 atom stereocenters. The number of methoxy groups -OCH3 is 1. The van der Waals surface area contributed by atoms with Crippen LogP contribution in [0.5, 0.6) is 0 Å². The number of carbonyl (C=O) groups is 2. The van der Waals surface area contributed by atoms with E-state index < -0.39 is 15.8 Å². The van der Waals surface area contributed by atoms with Gasteiger partial charge in [0.1, 0.15) is 0 Å². The van der Waals surface area contributed by atoms with E-state index in [2.05, 4.69) is 15.2 Å². The van der Waals surface area contributed by atoms with E-state index in [1.165, 1.54) is 7.11 Å². The van der Waals surface area contributed by atoms with Gasteiger partial charge in [-0.05, 0) is 56.4 Å². The number of nitrogens with zero attached hydrogens (tertiary/aromatic N) is 2. The zero-order valence-electron chi connectivity index (χ0n) is 16.2. The molecular formula is C20H23N3O5S. The van der Waals surface area contributed by atoms with E-state index in [-0.39, 0.29) is 23.5 Å². The molecule has 0 spiro atoms. The highest BCUT2D eigenvalue weighted by Crippen LogP contribution is 2.31. The van der Waals surface area contributed by atoms with E-state index in [4.69, 9.17) is 0 Å². The molecule has 1 amide bonds. The minimum Gasteiger partial charge on any atom is -0.465 e. The van der Waals surface area contributed by atoms with Crippen LogP contribution in [-0.4, -0.2) is 48.7 Å². The van der Waals surface area contributed by atoms with Crippen LogP contribution in [-0.2, 0) is 27.4 Å². The Morgan fingerprint density at radius 3 is 2.55 bits per heavy atom. The van der Waals surface area contributed by atoms with E-state index in [9.17, 15) is 18.0 Å². The van der Waals surface area contributed by atoms with Crippen LogP contribution in [0.25, 0.3) is 0 Å². The molecule has 0 bridgehead atoms. The van der Waals surface area contributed by atoms with Gasteiger partial charge in [0.15, 0.2) is 15.5 Å². The Hall–Kier alpha value is -2.68. The van der Waals surface area contributed by atoms with E-state index >= 15 is 0 Å². The minimum absolute atomic E-state index is 0.0805. The van der Waals surface area contributed by atoms with Gasteiger partial charge in [0.05, 0.1) is 30.2 Å². The predicted octanol–water partition coefficient (Wildman–Crippen LogP) is 2.16. The highest BCUT2D eigenvalue weighted by atomic mass is 32.2. The van der Waals surface area contributed by atoms with Gasteiger partial charge >= 0.3 is 5.97 Å². The molecule has 0 radical (unpaired) electrons. The van der Waals surface area contributed by atoms with Crippen molar-refractivity contribution in [3.8, 4) is 0 Å². The minimum atomic E-state index is -3.04. The third-order valence-electron chi connectivity index (χ3n) is 5.54. The summed E-state index contributed by atoms with van der Waals surface area (Å²) in [6.07, 6.45) is 4.09. The van der Waals surface area contributed by atoms with E-state index in [0.717, 1.165) is 36.9 Å². The average molecular weight is 417 g/mol. The number of aromatic nitrogens is 2. The van der Waals surface area contributed by atoms with Gasteiger partial charge < -0.3 is 10.1 Å². The maximum Gasteiger partial charge on any atom is 0.337 e. The number of esters is 1. The number of hydrogen-bond donors (Lipinski definition) is 1. The second kappa shape index (κ2) is 7.62. The second-order valence-corrected chi connectivity index (χ2v) is 9.73. The first-order valence-corrected chi connectivity index (χ1v) is 11.5. The third-order valence-corrected chi connectivity index (χ3v) is 7.29. The molecule has 0 unspecified atom stereocenters. The first-order chi connectivity index (χ1) is 13.9. The molecular weight excluding hydrogens is 394 g/mol. The van der Waals surface area contributed by atoms with Gasteiger partial charge in [-0.25, -0.2) is 13.2 Å². The number of carbonyl (C=O) groups excluding carboxylic acids is 2. The molecule has 1 fully saturated rings. The number of rotatable bonds is 4. The van der Waals surface area contributed by atoms with Crippen LogP contribution in [0.15, 0.2) is 24.3 Å². The maximum atomic E-state index is 12.9. The lowest BCUT2D eigenvalue weighted by atomic mass is 9.95. The molecule has 9 heteroatoms. The van der Waals surface area contributed by atoms with Crippen molar-refractivity contribution in [1.29, 1.82) is 0 Å². The van der Waals surface area contributed by atoms with Crippen LogP contribution in [0, 0.1) is 0 Å². The number of hydrogen-bond acceptors (Lipinski definition) is 6. The summed E-state index contributed by atoms with van der Waals surface area (Å²) < 4.78 is 30.3. The molecule has 4 rings (SSSR count). The highest BCUT2D eigenvalue weighted by molar-refractivity contribution is 7.91. The number of nitrogens with one attached hydrogen (secondary N) is 1. The SMILES string of the molecule is COC(=O)c1ccc(NC(=O)c2nn([C@H]3CCS(=O)(=O)C3)c3c2CCCC3)cc1. The zero-order valence-corrected chi connectivity index (χ0v) is 17.0. The van der Waals surface area contributed by atoms with Gasteiger partial charge in [-0.15, -0.1) is 0 Å². The smallest absolute Gasteiger partial charge is 0.337 e. The summed E-state index contributed by atoms with van der Waals surface area (Å²) in [5.41, 5.74) is 3.22. The summed E-state index contributed by atoms with van der Waals surface area (Å²) in [6, 6.07) is 6.24. The summed E-state index contributed by atoms with van der Waals surface area (Å²) in [5, 5.41) is 7.39. The number of ether oxygens (including phenoxy) is 1. The van der Waals surface area contributed by atoms with Crippen molar-refractivity contribution < 1.29 is 22.7 Å². The van der Waals surface area contributed by atoms with Crippen LogP contribution < -0.4 is 5.32 Å². The standard InChI is InChI=1S/C20H23N3O5S/c1-28-20(25)13-6-8-14(9-7-13)21-19(24)18-16-4-2-3-5-17(16)23(22-18)15-10-11-29(26,27)12-15/h6-9,15H,2-5,10-12H2,1H3,(H,21,24)/t15-/m0/s1. The van der Waals surface area contributed by atoms with E-state index in [0.29, 0.717) is 23.4 Å². The topological polar surface area (TPSA) is 107 Å². The van der Waals surface area contributed by atoms with Crippen LogP contribution in [0.3, 0.4) is 0 Å². The van der Waals surface area contributed by atoms with Crippen LogP contribution in [0.4, 0.5) is 5.69 Å². The Balaban J connectivity index is 1.59. The van der Waals surface area contributed by atoms with Crippen molar-refractivity contribution >= 4 is 27.4 Å². The summed E-state index contributed by atoms with van der Waals surface area (Å²) in [7, 11) is -1.73. The fourth-order valence-corrected chi connectivity index (χ4v) is 5.77. The highest BCUT2D eigenvalue weighted by Gasteiger charge is 2.34. The molecule has 1 aliphatic carbocycles. The first-order valence-electron chi connectivity index (χ1n) is 9.68. The van der Waals surface area contributed by atoms with Gasteiger partial charge in [-0.3, -0.25) is 9.48 Å². The Bertz CT molecular complexity index is 1060. The molecule has 29 heavy (non-hydrogen) atoms. The zero-order chi connectivity index (χ0) is 20.6. The van der Waals surface area contributed by atoms with Crippen molar-refractivity contribution in [2.45, 2.75) is 38.1 Å². The molecule has 1 aromatic carbocycles. The van der Waals surface area contributed by atoms with Crippen molar-refractivity contribution in [3.05, 3.63) is 46.8 Å². The first kappa shape index (κ1) is 19.6. The van der Waals surface area contributed by atoms with Gasteiger partial charge in [0.2, 0.25) is 0 Å². The van der Waals surface area contributed by atoms with Crippen molar-refractivity contribution in [2.75, 3.05) is 23.9 Å². The fraction of sp³-hybridized carbons (Fsp3) is 0.450. The maximum absolute atomic E-state index is 12.9. The van der Waals surface area contributed by atoms with Crippen LogP contribution >= 0.6 is 0 Å². The van der Waals surface area contributed by atoms with Crippen LogP contribution in [0.2, 0.25) is 0 Å². The van der Waals surface area contributed by atoms with Gasteiger partial charge in [0.25, 0.3) is 5.91 Å². The molecule has 2 aliphatic rings. The Morgan fingerprint density at radius 2 is 1.90 bits per heavy atom. The molecule has 1 aromatic heterocycles. The molecule has 8 nitrogen and oxygen atoms in total. The number of sulfone groups is 1. The van der Waals surface area contributed by atoms with Crippen LogP contribution in [0.1, 0.15) is 57.4 Å². The average Bonchev–Trinajstić information content (AvgIpc) is 3.28. The fourth-order valence-electron chi connectivity index (χ4n) is 4.08. The second-order valence-electron chi connectivity index (χ2n) is 7.51. The molecule has 1 N–H and O–H groups in total. The Kier molecular flexibility index (Phi) is 5.16. The number of benzene rings is 1. The number of amides is 1.